The molecule has 1 heterocycles. The Hall–Kier alpha value is -1.90. The van der Waals surface area contributed by atoms with E-state index >= 15 is 0 Å². The molecule has 0 unspecified atom stereocenters. The van der Waals surface area contributed by atoms with Gasteiger partial charge in [0.15, 0.2) is 5.11 Å². The number of nitrogens with zero attached hydrogens (tertiary/aromatic N) is 2. The molecule has 2 aliphatic carbocycles. The van der Waals surface area contributed by atoms with E-state index in [1.165, 1.54) is 0 Å². The molecule has 8 heteroatoms. The van der Waals surface area contributed by atoms with E-state index in [4.69, 9.17) is 12.2 Å². The zero-order valence-corrected chi connectivity index (χ0v) is 17.7. The summed E-state index contributed by atoms with van der Waals surface area (Å²) >= 11 is 5.58. The van der Waals surface area contributed by atoms with Gasteiger partial charge in [0.2, 0.25) is 5.91 Å². The maximum absolute atomic E-state index is 13.2. The Morgan fingerprint density at radius 2 is 1.86 bits per heavy atom. The molecule has 0 spiro atoms. The van der Waals surface area contributed by atoms with Crippen molar-refractivity contribution in [3.8, 4) is 0 Å². The monoisotopic (exact) mass is 418 g/mol. The second-order valence-electron chi connectivity index (χ2n) is 8.64. The molecule has 3 fully saturated rings. The average molecular weight is 419 g/mol. The number of amides is 1. The Bertz CT molecular complexity index is 766. The summed E-state index contributed by atoms with van der Waals surface area (Å²) < 4.78 is 0. The van der Waals surface area contributed by atoms with Crippen molar-refractivity contribution >= 4 is 34.6 Å². The van der Waals surface area contributed by atoms with Gasteiger partial charge in [0.05, 0.1) is 24.1 Å². The highest BCUT2D eigenvalue weighted by molar-refractivity contribution is 7.80. The molecule has 5 atom stereocenters. The molecule has 0 radical (unpaired) electrons. The summed E-state index contributed by atoms with van der Waals surface area (Å²) in [6.45, 7) is 0. The van der Waals surface area contributed by atoms with Crippen LogP contribution >= 0.6 is 12.2 Å². The minimum atomic E-state index is -0.973. The molecule has 1 aromatic rings. The van der Waals surface area contributed by atoms with Crippen LogP contribution in [0.3, 0.4) is 0 Å². The van der Waals surface area contributed by atoms with E-state index in [1.54, 1.807) is 0 Å². The fourth-order valence-electron chi connectivity index (χ4n) is 4.93. The lowest BCUT2D eigenvalue weighted by atomic mass is 9.77. The number of aliphatic hydroxyl groups is 2. The van der Waals surface area contributed by atoms with E-state index in [-0.39, 0.29) is 24.4 Å². The van der Waals surface area contributed by atoms with E-state index in [0.717, 1.165) is 37.1 Å². The van der Waals surface area contributed by atoms with Gasteiger partial charge >= 0.3 is 0 Å². The lowest BCUT2D eigenvalue weighted by Crippen LogP contribution is -2.61. The summed E-state index contributed by atoms with van der Waals surface area (Å²) in [7, 11) is 3.96. The van der Waals surface area contributed by atoms with Gasteiger partial charge in [-0.3, -0.25) is 4.79 Å². The van der Waals surface area contributed by atoms with Crippen LogP contribution in [0.15, 0.2) is 24.3 Å². The van der Waals surface area contributed by atoms with Crippen molar-refractivity contribution in [3.05, 3.63) is 24.3 Å². The number of hydrogen-bond donors (Lipinski definition) is 4. The van der Waals surface area contributed by atoms with Crippen LogP contribution in [0, 0.1) is 5.92 Å². The highest BCUT2D eigenvalue weighted by Crippen LogP contribution is 2.37. The maximum atomic E-state index is 13.2. The Morgan fingerprint density at radius 1 is 1.21 bits per heavy atom. The minimum Gasteiger partial charge on any atom is -0.390 e. The zero-order valence-electron chi connectivity index (χ0n) is 16.9. The van der Waals surface area contributed by atoms with Gasteiger partial charge in [0.25, 0.3) is 0 Å². The summed E-state index contributed by atoms with van der Waals surface area (Å²) in [5.41, 5.74) is 1.95. The predicted molar refractivity (Wildman–Crippen MR) is 117 cm³/mol. The number of benzene rings is 1. The molecule has 0 aromatic heterocycles. The molecule has 2 saturated carbocycles. The van der Waals surface area contributed by atoms with Gasteiger partial charge in [-0.15, -0.1) is 0 Å². The molecule has 1 amide bonds. The van der Waals surface area contributed by atoms with E-state index in [1.807, 2.05) is 48.2 Å². The average Bonchev–Trinajstić information content (AvgIpc) is 3.32. The minimum absolute atomic E-state index is 0.0562. The first-order chi connectivity index (χ1) is 13.9. The van der Waals surface area contributed by atoms with E-state index in [2.05, 4.69) is 10.6 Å². The maximum Gasteiger partial charge on any atom is 0.225 e. The summed E-state index contributed by atoms with van der Waals surface area (Å²) in [4.78, 5) is 17.1. The van der Waals surface area contributed by atoms with Crippen molar-refractivity contribution in [3.63, 3.8) is 0 Å². The lowest BCUT2D eigenvalue weighted by Gasteiger charge is -2.41. The normalized spacial score (nSPS) is 32.1. The number of fused-ring (bicyclic) bond motifs is 1. The second-order valence-corrected chi connectivity index (χ2v) is 9.02. The highest BCUT2D eigenvalue weighted by Gasteiger charge is 2.54. The third kappa shape index (κ3) is 3.81. The van der Waals surface area contributed by atoms with E-state index in [9.17, 15) is 15.0 Å². The third-order valence-corrected chi connectivity index (χ3v) is 6.84. The van der Waals surface area contributed by atoms with Gasteiger partial charge in [0, 0.05) is 31.5 Å². The van der Waals surface area contributed by atoms with Crippen molar-refractivity contribution in [2.45, 2.75) is 62.4 Å². The molecule has 158 valence electrons. The largest absolute Gasteiger partial charge is 0.390 e. The van der Waals surface area contributed by atoms with Crippen LogP contribution in [0.2, 0.25) is 0 Å². The lowest BCUT2D eigenvalue weighted by molar-refractivity contribution is -0.131. The van der Waals surface area contributed by atoms with Gasteiger partial charge in [-0.05, 0) is 55.7 Å². The highest BCUT2D eigenvalue weighted by atomic mass is 32.1. The van der Waals surface area contributed by atoms with Gasteiger partial charge < -0.3 is 30.6 Å². The first-order valence-corrected chi connectivity index (χ1v) is 10.8. The zero-order chi connectivity index (χ0) is 20.7. The predicted octanol–water partition coefficient (Wildman–Crippen LogP) is 0.985. The number of nitrogens with one attached hydrogen (secondary N) is 2. The van der Waals surface area contributed by atoms with E-state index < -0.39 is 24.2 Å². The topological polar surface area (TPSA) is 88.1 Å². The number of hydrogen-bond acceptors (Lipinski definition) is 5. The molecule has 1 aromatic carbocycles. The number of thiocarbonyl (C=S) groups is 1. The Balaban J connectivity index is 1.63. The van der Waals surface area contributed by atoms with E-state index in [0.29, 0.717) is 5.11 Å². The van der Waals surface area contributed by atoms with Gasteiger partial charge in [-0.1, -0.05) is 12.8 Å². The molecular weight excluding hydrogens is 388 g/mol. The van der Waals surface area contributed by atoms with Crippen molar-refractivity contribution in [1.29, 1.82) is 0 Å². The summed E-state index contributed by atoms with van der Waals surface area (Å²) in [6, 6.07) is 7.36. The smallest absolute Gasteiger partial charge is 0.225 e. The summed E-state index contributed by atoms with van der Waals surface area (Å²) in [5, 5.41) is 27.8. The Labute approximate surface area is 177 Å². The van der Waals surface area contributed by atoms with Crippen molar-refractivity contribution in [2.75, 3.05) is 23.9 Å². The number of carbonyl (C=O) groups excluding carboxylic acids is 1. The van der Waals surface area contributed by atoms with Crippen LogP contribution in [-0.2, 0) is 4.79 Å². The molecule has 29 heavy (non-hydrogen) atoms. The van der Waals surface area contributed by atoms with Crippen molar-refractivity contribution < 1.29 is 15.0 Å². The molecular formula is C21H30N4O3S. The van der Waals surface area contributed by atoms with Crippen LogP contribution in [0.1, 0.15) is 32.1 Å². The molecule has 4 N–H and O–H groups in total. The fraction of sp³-hybridized carbons (Fsp3) is 0.619. The van der Waals surface area contributed by atoms with Crippen LogP contribution < -0.4 is 20.4 Å². The molecule has 3 aliphatic rings. The molecule has 0 bridgehead atoms. The quantitative estimate of drug-likeness (QED) is 0.542. The molecule has 1 saturated heterocycles. The van der Waals surface area contributed by atoms with Gasteiger partial charge in [0.1, 0.15) is 6.10 Å². The first-order valence-electron chi connectivity index (χ1n) is 10.4. The SMILES string of the molecule is CN(C)c1ccc(N2C(=S)N[C@H]3[C@@H](O)[C@H](O)C[C@@H](C(=O)NC4CCCC4)[C@@H]32)cc1. The fourth-order valence-corrected chi connectivity index (χ4v) is 5.29. The molecule has 1 aliphatic heterocycles. The van der Waals surface area contributed by atoms with Crippen molar-refractivity contribution in [1.82, 2.24) is 10.6 Å². The van der Waals surface area contributed by atoms with Crippen LogP contribution in [0.4, 0.5) is 11.4 Å². The number of carbonyl (C=O) groups is 1. The van der Waals surface area contributed by atoms with Crippen LogP contribution in [0.5, 0.6) is 0 Å². The summed E-state index contributed by atoms with van der Waals surface area (Å²) in [5.74, 6) is -0.514. The number of rotatable bonds is 4. The first kappa shape index (κ1) is 20.4. The molecule has 4 rings (SSSR count). The standard InChI is InChI=1S/C21H30N4O3S/c1-24(2)13-7-9-14(10-8-13)25-18-15(20(28)22-12-5-3-4-6-12)11-16(26)19(27)17(18)23-21(25)29/h7-10,12,15-19,26-27H,3-6,11H2,1-2H3,(H,22,28)(H,23,29)/t15-,16-,17-,18+,19+/m1/s1. The van der Waals surface area contributed by atoms with Crippen LogP contribution in [-0.4, -0.2) is 65.7 Å². The molecule has 7 nitrogen and oxygen atoms in total. The van der Waals surface area contributed by atoms with Crippen molar-refractivity contribution in [2.24, 2.45) is 5.92 Å². The van der Waals surface area contributed by atoms with Crippen LogP contribution in [0.25, 0.3) is 0 Å². The van der Waals surface area contributed by atoms with Gasteiger partial charge in [-0.25, -0.2) is 0 Å². The summed E-state index contributed by atoms with van der Waals surface area (Å²) in [6.07, 6.45) is 2.57. The van der Waals surface area contributed by atoms with Gasteiger partial charge in [-0.2, -0.15) is 0 Å². The Kier molecular flexibility index (Phi) is 5.68. The Morgan fingerprint density at radius 3 is 2.48 bits per heavy atom. The number of anilines is 2. The third-order valence-electron chi connectivity index (χ3n) is 6.53. The second kappa shape index (κ2) is 8.08. The number of aliphatic hydroxyl groups excluding tert-OH is 2.